The van der Waals surface area contributed by atoms with Crippen molar-refractivity contribution in [3.8, 4) is 11.8 Å². The summed E-state index contributed by atoms with van der Waals surface area (Å²) in [7, 11) is 1.63. The molecule has 108 valence electrons. The van der Waals surface area contributed by atoms with Gasteiger partial charge in [-0.05, 0) is 17.7 Å². The van der Waals surface area contributed by atoms with Crippen LogP contribution in [0.15, 0.2) is 39.0 Å². The summed E-state index contributed by atoms with van der Waals surface area (Å²) in [5, 5.41) is 11.5. The molecule has 0 saturated carbocycles. The molecule has 0 aliphatic rings. The molecule has 7 heteroatoms. The van der Waals surface area contributed by atoms with Gasteiger partial charge in [0.05, 0.1) is 0 Å². The van der Waals surface area contributed by atoms with Crippen molar-refractivity contribution in [2.45, 2.75) is 10.9 Å². The van der Waals surface area contributed by atoms with E-state index in [-0.39, 0.29) is 6.61 Å². The summed E-state index contributed by atoms with van der Waals surface area (Å²) in [6, 6.07) is 7.55. The maximum absolute atomic E-state index is 11.2. The second-order valence-electron chi connectivity index (χ2n) is 4.14. The summed E-state index contributed by atoms with van der Waals surface area (Å²) in [6.45, 7) is -0.163. The number of thioether (sulfide) groups is 1. The van der Waals surface area contributed by atoms with E-state index in [1.165, 1.54) is 16.4 Å². The van der Waals surface area contributed by atoms with E-state index in [0.717, 1.165) is 11.1 Å². The predicted octanol–water partition coefficient (Wildman–Crippen LogP) is 0.105. The van der Waals surface area contributed by atoms with Gasteiger partial charge in [0.15, 0.2) is 5.16 Å². The number of aromatic nitrogens is 3. The number of hydrogen-bond acceptors (Lipinski definition) is 5. The highest BCUT2D eigenvalue weighted by Crippen LogP contribution is 2.18. The minimum Gasteiger partial charge on any atom is -0.384 e. The maximum atomic E-state index is 11.2. The molecule has 2 N–H and O–H groups in total. The fourth-order valence-corrected chi connectivity index (χ4v) is 2.44. The third-order valence-electron chi connectivity index (χ3n) is 2.58. The molecule has 0 spiro atoms. The zero-order chi connectivity index (χ0) is 15.2. The Hall–Kier alpha value is -2.30. The molecule has 21 heavy (non-hydrogen) atoms. The number of aryl methyl sites for hydroxylation is 1. The molecule has 0 radical (unpaired) electrons. The number of aliphatic hydroxyl groups excluding tert-OH is 1. The van der Waals surface area contributed by atoms with E-state index in [1.54, 1.807) is 7.05 Å². The molecule has 0 fully saturated rings. The number of nitrogens with one attached hydrogen (secondary N) is 1. The largest absolute Gasteiger partial charge is 0.384 e. The van der Waals surface area contributed by atoms with E-state index >= 15 is 0 Å². The van der Waals surface area contributed by atoms with E-state index < -0.39 is 11.1 Å². The first kappa shape index (κ1) is 15.1. The Kier molecular flexibility index (Phi) is 4.98. The standard InChI is InChI=1S/C14H13N3O3S/c1-17-14(15-12(19)13(20)16-17)21-9-11-6-4-10(5-7-11)3-2-8-18/h4-7,18H,8-9H2,1H3,(H,16,20). The third kappa shape index (κ3) is 4.08. The lowest BCUT2D eigenvalue weighted by molar-refractivity contribution is 0.350. The smallest absolute Gasteiger partial charge is 0.339 e. The molecule has 0 atom stereocenters. The molecule has 0 aliphatic carbocycles. The molecule has 0 amide bonds. The van der Waals surface area contributed by atoms with Crippen molar-refractivity contribution < 1.29 is 5.11 Å². The van der Waals surface area contributed by atoms with Crippen molar-refractivity contribution >= 4 is 11.8 Å². The first-order chi connectivity index (χ1) is 10.1. The normalized spacial score (nSPS) is 10.0. The van der Waals surface area contributed by atoms with Gasteiger partial charge in [-0.1, -0.05) is 35.7 Å². The van der Waals surface area contributed by atoms with Crippen LogP contribution in [0, 0.1) is 11.8 Å². The Morgan fingerprint density at radius 1 is 1.33 bits per heavy atom. The number of hydrogen-bond donors (Lipinski definition) is 2. The minimum absolute atomic E-state index is 0.163. The van der Waals surface area contributed by atoms with E-state index in [2.05, 4.69) is 21.9 Å². The number of H-pyrrole nitrogens is 1. The Balaban J connectivity index is 2.08. The second kappa shape index (κ2) is 6.92. The van der Waals surface area contributed by atoms with Gasteiger partial charge in [0, 0.05) is 18.4 Å². The van der Waals surface area contributed by atoms with E-state index in [4.69, 9.17) is 5.11 Å². The summed E-state index contributed by atoms with van der Waals surface area (Å²) < 4.78 is 1.43. The van der Waals surface area contributed by atoms with Crippen molar-refractivity contribution in [1.29, 1.82) is 0 Å². The van der Waals surface area contributed by atoms with Crippen molar-refractivity contribution in [2.75, 3.05) is 6.61 Å². The van der Waals surface area contributed by atoms with Crippen LogP contribution in [0.2, 0.25) is 0 Å². The predicted molar refractivity (Wildman–Crippen MR) is 80.1 cm³/mol. The van der Waals surface area contributed by atoms with Gasteiger partial charge in [-0.25, -0.2) is 0 Å². The van der Waals surface area contributed by atoms with Gasteiger partial charge in [-0.3, -0.25) is 19.4 Å². The van der Waals surface area contributed by atoms with Crippen LogP contribution in [0.1, 0.15) is 11.1 Å². The minimum atomic E-state index is -0.787. The van der Waals surface area contributed by atoms with E-state index in [9.17, 15) is 9.59 Å². The van der Waals surface area contributed by atoms with E-state index in [1.807, 2.05) is 24.3 Å². The highest BCUT2D eigenvalue weighted by Gasteiger charge is 2.05. The van der Waals surface area contributed by atoms with Gasteiger partial charge < -0.3 is 5.11 Å². The number of aromatic amines is 1. The molecule has 0 saturated heterocycles. The van der Waals surface area contributed by atoms with Crippen molar-refractivity contribution in [1.82, 2.24) is 14.8 Å². The highest BCUT2D eigenvalue weighted by atomic mass is 32.2. The molecular formula is C14H13N3O3S. The van der Waals surface area contributed by atoms with Gasteiger partial charge in [0.25, 0.3) is 0 Å². The number of nitrogens with zero attached hydrogens (tertiary/aromatic N) is 2. The molecular weight excluding hydrogens is 290 g/mol. The zero-order valence-corrected chi connectivity index (χ0v) is 12.1. The summed E-state index contributed by atoms with van der Waals surface area (Å²) in [4.78, 5) is 26.1. The maximum Gasteiger partial charge on any atom is 0.339 e. The molecule has 6 nitrogen and oxygen atoms in total. The average molecular weight is 303 g/mol. The Labute approximate surface area is 124 Å². The zero-order valence-electron chi connectivity index (χ0n) is 11.3. The molecule has 2 rings (SSSR count). The molecule has 1 aromatic carbocycles. The fraction of sp³-hybridized carbons (Fsp3) is 0.214. The molecule has 0 aliphatic heterocycles. The van der Waals surface area contributed by atoms with Crippen LogP contribution < -0.4 is 11.1 Å². The summed E-state index contributed by atoms with van der Waals surface area (Å²) >= 11 is 1.35. The SMILES string of the molecule is Cn1[nH]c(=O)c(=O)nc1SCc1ccc(C#CCO)cc1. The van der Waals surface area contributed by atoms with Crippen LogP contribution in [-0.2, 0) is 12.8 Å². The van der Waals surface area contributed by atoms with Crippen LogP contribution in [-0.4, -0.2) is 26.5 Å². The molecule has 1 aromatic heterocycles. The number of benzene rings is 1. The van der Waals surface area contributed by atoms with Gasteiger partial charge >= 0.3 is 11.1 Å². The van der Waals surface area contributed by atoms with Crippen LogP contribution in [0.4, 0.5) is 0 Å². The Morgan fingerprint density at radius 3 is 2.71 bits per heavy atom. The lowest BCUT2D eigenvalue weighted by Crippen LogP contribution is -2.33. The Bertz CT molecular complexity index is 797. The molecule has 0 unspecified atom stereocenters. The summed E-state index contributed by atoms with van der Waals surface area (Å²) in [5.41, 5.74) is 0.348. The van der Waals surface area contributed by atoms with Crippen molar-refractivity contribution in [2.24, 2.45) is 7.05 Å². The second-order valence-corrected chi connectivity index (χ2v) is 5.09. The first-order valence-corrected chi connectivity index (χ1v) is 7.07. The van der Waals surface area contributed by atoms with Crippen molar-refractivity contribution in [3.63, 3.8) is 0 Å². The highest BCUT2D eigenvalue weighted by molar-refractivity contribution is 7.98. The van der Waals surface area contributed by atoms with Gasteiger partial charge in [-0.15, -0.1) is 0 Å². The van der Waals surface area contributed by atoms with Gasteiger partial charge in [0.1, 0.15) is 6.61 Å². The molecule has 1 heterocycles. The average Bonchev–Trinajstić information content (AvgIpc) is 2.48. The van der Waals surface area contributed by atoms with Crippen LogP contribution >= 0.6 is 11.8 Å². The van der Waals surface area contributed by atoms with Crippen LogP contribution in [0.5, 0.6) is 0 Å². The molecule has 0 bridgehead atoms. The third-order valence-corrected chi connectivity index (χ3v) is 3.68. The molecule has 2 aromatic rings. The summed E-state index contributed by atoms with van der Waals surface area (Å²) in [6.07, 6.45) is 0. The quantitative estimate of drug-likeness (QED) is 0.477. The van der Waals surface area contributed by atoms with E-state index in [0.29, 0.717) is 10.9 Å². The van der Waals surface area contributed by atoms with Gasteiger partial charge in [-0.2, -0.15) is 4.98 Å². The first-order valence-electron chi connectivity index (χ1n) is 6.09. The lowest BCUT2D eigenvalue weighted by Gasteiger charge is -2.05. The fourth-order valence-electron chi connectivity index (χ4n) is 1.56. The number of aliphatic hydroxyl groups is 1. The van der Waals surface area contributed by atoms with Crippen LogP contribution in [0.25, 0.3) is 0 Å². The van der Waals surface area contributed by atoms with Gasteiger partial charge in [0.2, 0.25) is 0 Å². The monoisotopic (exact) mass is 303 g/mol. The lowest BCUT2D eigenvalue weighted by atomic mass is 10.1. The van der Waals surface area contributed by atoms with Crippen molar-refractivity contribution in [3.05, 3.63) is 56.1 Å². The summed E-state index contributed by atoms with van der Waals surface area (Å²) in [5.74, 6) is 6.00. The topological polar surface area (TPSA) is 88.0 Å². The van der Waals surface area contributed by atoms with Crippen LogP contribution in [0.3, 0.4) is 0 Å². The Morgan fingerprint density at radius 2 is 2.05 bits per heavy atom. The number of rotatable bonds is 3.